The molecule has 0 aliphatic carbocycles. The molecule has 0 atom stereocenters. The Morgan fingerprint density at radius 3 is 2.25 bits per heavy atom. The van der Waals surface area contributed by atoms with E-state index in [0.717, 1.165) is 6.42 Å². The number of aromatic nitrogens is 1. The minimum absolute atomic E-state index is 0.417. The topological polar surface area (TPSA) is 3.88 Å². The summed E-state index contributed by atoms with van der Waals surface area (Å²) in [5.41, 5.74) is 0. The van der Waals surface area contributed by atoms with E-state index in [-0.39, 0.29) is 0 Å². The quantitative estimate of drug-likeness (QED) is 0.541. The second kappa shape index (κ2) is 3.39. The molecule has 0 saturated heterocycles. The molecule has 1 aliphatic rings. The van der Waals surface area contributed by atoms with Crippen molar-refractivity contribution in [1.82, 2.24) is 0 Å². The molecule has 0 saturated carbocycles. The highest BCUT2D eigenvalue weighted by molar-refractivity contribution is 6.61. The van der Waals surface area contributed by atoms with E-state index in [0.29, 0.717) is 6.85 Å². The van der Waals surface area contributed by atoms with Gasteiger partial charge in [0.05, 0.1) is 0 Å². The lowest BCUT2D eigenvalue weighted by Crippen LogP contribution is -2.48. The maximum absolute atomic E-state index is 2.22. The number of nitrogens with zero attached hydrogens (tertiary/aromatic N) is 1. The van der Waals surface area contributed by atoms with Crippen LogP contribution in [0.2, 0.25) is 0 Å². The van der Waals surface area contributed by atoms with Gasteiger partial charge in [0.1, 0.15) is 12.4 Å². The van der Waals surface area contributed by atoms with Crippen molar-refractivity contribution in [3.8, 4) is 0 Å². The monoisotopic (exact) mass is 156 g/mol. The molecule has 1 aromatic heterocycles. The first kappa shape index (κ1) is 7.35. The summed E-state index contributed by atoms with van der Waals surface area (Å²) in [6, 6.07) is 6.14. The lowest BCUT2D eigenvalue weighted by Gasteiger charge is -2.00. The van der Waals surface area contributed by atoms with Crippen molar-refractivity contribution in [2.24, 2.45) is 0 Å². The molecule has 2 rings (SSSR count). The number of pyridine rings is 1. The summed E-state index contributed by atoms with van der Waals surface area (Å²) in [7, 11) is 0. The Morgan fingerprint density at radius 2 is 1.58 bits per heavy atom. The highest BCUT2D eigenvalue weighted by Crippen LogP contribution is 1.97. The molecule has 2 heterocycles. The van der Waals surface area contributed by atoms with Crippen LogP contribution in [0, 0.1) is 0 Å². The van der Waals surface area contributed by atoms with E-state index in [1.165, 1.54) is 0 Å². The van der Waals surface area contributed by atoms with Gasteiger partial charge in [-0.25, -0.2) is 0 Å². The summed E-state index contributed by atoms with van der Waals surface area (Å²) < 4.78 is 2.19. The van der Waals surface area contributed by atoms with Gasteiger partial charge in [-0.1, -0.05) is 18.2 Å². The zero-order valence-electron chi connectivity index (χ0n) is 6.93. The first-order valence-corrected chi connectivity index (χ1v) is 4.26. The summed E-state index contributed by atoms with van der Waals surface area (Å²) in [5.74, 6) is 4.44. The Morgan fingerprint density at radius 1 is 0.917 bits per heavy atom. The van der Waals surface area contributed by atoms with Crippen LogP contribution in [0.4, 0.5) is 0 Å². The number of allylic oxidation sites excluding steroid dienone is 2. The molecule has 0 spiro atoms. The molecule has 2 heteroatoms. The Kier molecular flexibility index (Phi) is 2.08. The van der Waals surface area contributed by atoms with E-state index in [9.17, 15) is 0 Å². The van der Waals surface area contributed by atoms with Crippen molar-refractivity contribution in [2.45, 2.75) is 6.42 Å². The Bertz CT molecular complexity index is 291. The van der Waals surface area contributed by atoms with Gasteiger partial charge in [0, 0.05) is 0 Å². The summed E-state index contributed by atoms with van der Waals surface area (Å²) in [5, 5.41) is 0. The highest BCUT2D eigenvalue weighted by Gasteiger charge is 2.21. The molecular formula is C10H11BN+. The largest absolute Gasteiger partial charge is 0.543 e. The van der Waals surface area contributed by atoms with Gasteiger partial charge in [-0.2, -0.15) is 0 Å². The van der Waals surface area contributed by atoms with Crippen LogP contribution in [0.5, 0.6) is 0 Å². The zero-order valence-corrected chi connectivity index (χ0v) is 6.93. The van der Waals surface area contributed by atoms with Crippen LogP contribution in [0.3, 0.4) is 0 Å². The van der Waals surface area contributed by atoms with Gasteiger partial charge in [0.2, 0.25) is 0 Å². The van der Waals surface area contributed by atoms with Crippen LogP contribution in [0.15, 0.2) is 54.7 Å². The van der Waals surface area contributed by atoms with Crippen LogP contribution >= 0.6 is 0 Å². The van der Waals surface area contributed by atoms with Crippen LogP contribution in [-0.4, -0.2) is 6.85 Å². The van der Waals surface area contributed by atoms with Gasteiger partial charge in [0.25, 0.3) is 0 Å². The predicted octanol–water partition coefficient (Wildman–Crippen LogP) is 1.41. The molecule has 12 heavy (non-hydrogen) atoms. The molecule has 0 bridgehead atoms. The fourth-order valence-electron chi connectivity index (χ4n) is 1.39. The summed E-state index contributed by atoms with van der Waals surface area (Å²) in [6.07, 6.45) is 9.65. The van der Waals surface area contributed by atoms with Crippen LogP contribution in [-0.2, 0) is 0 Å². The number of hydrogen-bond donors (Lipinski definition) is 0. The molecule has 0 amide bonds. The van der Waals surface area contributed by atoms with Crippen molar-refractivity contribution in [2.75, 3.05) is 0 Å². The average Bonchev–Trinajstić information content (AvgIpc) is 2.21. The standard InChI is InChI=1S/C10H11BN/c1-3-7-11(8-4-1)12-9-5-2-6-10-12/h2-10H,1H2/q+1. The van der Waals surface area contributed by atoms with Gasteiger partial charge in [0.15, 0.2) is 0 Å². The fraction of sp³-hybridized carbons (Fsp3) is 0.100. The minimum Gasteiger partial charge on any atom is -0.283 e. The highest BCUT2D eigenvalue weighted by atomic mass is 14.8. The molecule has 1 aromatic rings. The average molecular weight is 156 g/mol. The Hall–Kier alpha value is -1.31. The van der Waals surface area contributed by atoms with E-state index in [1.807, 2.05) is 6.07 Å². The maximum Gasteiger partial charge on any atom is 0.543 e. The van der Waals surface area contributed by atoms with E-state index >= 15 is 0 Å². The second-order valence-electron chi connectivity index (χ2n) is 2.91. The fourth-order valence-corrected chi connectivity index (χ4v) is 1.39. The van der Waals surface area contributed by atoms with Crippen molar-refractivity contribution >= 4 is 6.85 Å². The van der Waals surface area contributed by atoms with E-state index in [2.05, 4.69) is 53.1 Å². The normalized spacial score (nSPS) is 15.2. The lowest BCUT2D eigenvalue weighted by atomic mass is 9.60. The minimum atomic E-state index is 0.417. The SMILES string of the molecule is C1=CB([n+]2ccccc2)C=CC1. The number of hydrogen-bond acceptors (Lipinski definition) is 0. The first-order chi connectivity index (χ1) is 5.97. The molecular weight excluding hydrogens is 145 g/mol. The van der Waals surface area contributed by atoms with E-state index in [4.69, 9.17) is 0 Å². The van der Waals surface area contributed by atoms with E-state index in [1.54, 1.807) is 0 Å². The first-order valence-electron chi connectivity index (χ1n) is 4.26. The molecule has 0 unspecified atom stereocenters. The van der Waals surface area contributed by atoms with Crippen molar-refractivity contribution < 1.29 is 4.48 Å². The van der Waals surface area contributed by atoms with Gasteiger partial charge in [-0.05, 0) is 30.5 Å². The molecule has 1 nitrogen and oxygen atoms in total. The lowest BCUT2D eigenvalue weighted by molar-refractivity contribution is -0.534. The molecule has 0 N–H and O–H groups in total. The third kappa shape index (κ3) is 1.47. The van der Waals surface area contributed by atoms with Gasteiger partial charge in [-0.15, -0.1) is 0 Å². The third-order valence-electron chi connectivity index (χ3n) is 2.02. The van der Waals surface area contributed by atoms with E-state index < -0.39 is 0 Å². The third-order valence-corrected chi connectivity index (χ3v) is 2.02. The second-order valence-corrected chi connectivity index (χ2v) is 2.91. The van der Waals surface area contributed by atoms with Gasteiger partial charge < -0.3 is 0 Å². The molecule has 58 valence electrons. The molecule has 0 radical (unpaired) electrons. The summed E-state index contributed by atoms with van der Waals surface area (Å²) in [4.78, 5) is 0. The maximum atomic E-state index is 2.22. The molecule has 0 fully saturated rings. The smallest absolute Gasteiger partial charge is 0.283 e. The predicted molar refractivity (Wildman–Crippen MR) is 50.7 cm³/mol. The molecule has 0 aromatic carbocycles. The number of rotatable bonds is 1. The van der Waals surface area contributed by atoms with Crippen LogP contribution in [0.1, 0.15) is 6.42 Å². The van der Waals surface area contributed by atoms with Gasteiger partial charge >= 0.3 is 6.85 Å². The van der Waals surface area contributed by atoms with Crippen molar-refractivity contribution in [3.63, 3.8) is 0 Å². The Balaban J connectivity index is 2.25. The van der Waals surface area contributed by atoms with Crippen molar-refractivity contribution in [3.05, 3.63) is 54.7 Å². The summed E-state index contributed by atoms with van der Waals surface area (Å²) in [6.45, 7) is 0.417. The van der Waals surface area contributed by atoms with Gasteiger partial charge in [-0.3, -0.25) is 4.48 Å². The van der Waals surface area contributed by atoms with Crippen LogP contribution in [0.25, 0.3) is 0 Å². The molecule has 1 aliphatic heterocycles. The van der Waals surface area contributed by atoms with Crippen molar-refractivity contribution in [1.29, 1.82) is 0 Å². The summed E-state index contributed by atoms with van der Waals surface area (Å²) >= 11 is 0. The van der Waals surface area contributed by atoms with Crippen LogP contribution < -0.4 is 4.48 Å². The Labute approximate surface area is 73.1 Å². The zero-order chi connectivity index (χ0) is 8.23.